The number of carbonyl (C=O) groups excluding carboxylic acids is 2. The zero-order valence-corrected chi connectivity index (χ0v) is 9.51. The molecular weight excluding hydrogens is 216 g/mol. The van der Waals surface area contributed by atoms with Crippen LogP contribution in [0, 0.1) is 0 Å². The van der Waals surface area contributed by atoms with E-state index in [1.165, 1.54) is 4.90 Å². The van der Waals surface area contributed by atoms with Crippen molar-refractivity contribution >= 4 is 11.8 Å². The minimum absolute atomic E-state index is 0.223. The fourth-order valence-electron chi connectivity index (χ4n) is 1.82. The van der Waals surface area contributed by atoms with Crippen LogP contribution in [0.2, 0.25) is 0 Å². The van der Waals surface area contributed by atoms with E-state index in [1.807, 2.05) is 30.3 Å². The zero-order chi connectivity index (χ0) is 14.9. The normalized spacial score (nSPS) is 28.1. The van der Waals surface area contributed by atoms with Crippen molar-refractivity contribution in [3.8, 4) is 0 Å². The molecule has 0 radical (unpaired) electrons. The Kier molecular flexibility index (Phi) is 2.23. The van der Waals surface area contributed by atoms with Gasteiger partial charge in [0, 0.05) is 10.7 Å². The molecule has 17 heavy (non-hydrogen) atoms. The minimum Gasteiger partial charge on any atom is -0.343 e. The van der Waals surface area contributed by atoms with Crippen molar-refractivity contribution in [2.75, 3.05) is 0 Å². The van der Waals surface area contributed by atoms with Crippen molar-refractivity contribution in [3.63, 3.8) is 0 Å². The molecule has 0 saturated carbocycles. The molecule has 0 aromatic heterocycles. The summed E-state index contributed by atoms with van der Waals surface area (Å²) >= 11 is 0. The summed E-state index contributed by atoms with van der Waals surface area (Å²) in [5.41, 5.74) is 0.853. The molecule has 2 rings (SSSR count). The number of rotatable bonds is 2. The fourth-order valence-corrected chi connectivity index (χ4v) is 1.82. The van der Waals surface area contributed by atoms with Crippen LogP contribution in [-0.2, 0) is 16.1 Å². The third kappa shape index (κ3) is 2.30. The van der Waals surface area contributed by atoms with Gasteiger partial charge in [0.15, 0.2) is 0 Å². The molecule has 4 nitrogen and oxygen atoms in total. The molecule has 2 atom stereocenters. The van der Waals surface area contributed by atoms with Gasteiger partial charge < -0.3 is 10.2 Å². The molecule has 2 amide bonds. The number of carbonyl (C=O) groups is 2. The Morgan fingerprint density at radius 1 is 1.35 bits per heavy atom. The lowest BCUT2D eigenvalue weighted by molar-refractivity contribution is -0.148. The second kappa shape index (κ2) is 4.57. The van der Waals surface area contributed by atoms with Crippen LogP contribution in [0.15, 0.2) is 30.3 Å². The Balaban J connectivity index is 2.25. The van der Waals surface area contributed by atoms with Crippen LogP contribution >= 0.6 is 0 Å². The van der Waals surface area contributed by atoms with Gasteiger partial charge >= 0.3 is 0 Å². The van der Waals surface area contributed by atoms with Gasteiger partial charge in [-0.05, 0) is 19.3 Å². The second-order valence-electron chi connectivity index (χ2n) is 4.07. The molecule has 1 N–H and O–H groups in total. The highest BCUT2D eigenvalue weighted by atomic mass is 16.2. The molecule has 1 aliphatic heterocycles. The molecule has 0 unspecified atom stereocenters. The molecule has 0 spiro atoms. The van der Waals surface area contributed by atoms with E-state index in [9.17, 15) is 9.59 Å². The van der Waals surface area contributed by atoms with Gasteiger partial charge in [-0.25, -0.2) is 0 Å². The van der Waals surface area contributed by atoms with Gasteiger partial charge in [-0.1, -0.05) is 30.3 Å². The quantitative estimate of drug-likeness (QED) is 0.828. The standard InChI is InChI=1S/C13H16N2O2/c1-9-13(17)15(10(2)12(16)14-9)8-11-6-4-3-5-7-11/h3-7,9-10H,8H2,1-2H3,(H,14,16)/t9-,10+/m1/s1/i1D3. The van der Waals surface area contributed by atoms with Gasteiger partial charge in [-0.3, -0.25) is 9.59 Å². The smallest absolute Gasteiger partial charge is 0.245 e. The van der Waals surface area contributed by atoms with Crippen molar-refractivity contribution in [2.24, 2.45) is 0 Å². The van der Waals surface area contributed by atoms with E-state index in [4.69, 9.17) is 4.11 Å². The first-order valence-electron chi connectivity index (χ1n) is 6.95. The largest absolute Gasteiger partial charge is 0.343 e. The lowest BCUT2D eigenvalue weighted by atomic mass is 10.1. The number of amides is 2. The monoisotopic (exact) mass is 235 g/mol. The van der Waals surface area contributed by atoms with E-state index in [0.29, 0.717) is 0 Å². The average Bonchev–Trinajstić information content (AvgIpc) is 2.39. The van der Waals surface area contributed by atoms with Gasteiger partial charge in [0.2, 0.25) is 11.8 Å². The summed E-state index contributed by atoms with van der Waals surface area (Å²) in [6.45, 7) is -0.728. The number of hydrogen-bond acceptors (Lipinski definition) is 2. The number of piperazine rings is 1. The first-order valence-corrected chi connectivity index (χ1v) is 5.45. The highest BCUT2D eigenvalue weighted by Crippen LogP contribution is 2.14. The van der Waals surface area contributed by atoms with Crippen LogP contribution < -0.4 is 5.32 Å². The molecule has 1 heterocycles. The summed E-state index contributed by atoms with van der Waals surface area (Å²) in [5, 5.41) is 2.28. The van der Waals surface area contributed by atoms with Gasteiger partial charge in [0.25, 0.3) is 0 Å². The maximum Gasteiger partial charge on any atom is 0.245 e. The molecule has 1 aromatic rings. The summed E-state index contributed by atoms with van der Waals surface area (Å²) < 4.78 is 22.1. The molecule has 1 aromatic carbocycles. The van der Waals surface area contributed by atoms with Gasteiger partial charge in [0.05, 0.1) is 0 Å². The van der Waals surface area contributed by atoms with Crippen LogP contribution in [0.3, 0.4) is 0 Å². The van der Waals surface area contributed by atoms with Gasteiger partial charge in [0.1, 0.15) is 12.1 Å². The van der Waals surface area contributed by atoms with Crippen molar-refractivity contribution < 1.29 is 13.7 Å². The van der Waals surface area contributed by atoms with Crippen molar-refractivity contribution in [1.29, 1.82) is 0 Å². The number of hydrogen-bond donors (Lipinski definition) is 1. The maximum atomic E-state index is 12.3. The highest BCUT2D eigenvalue weighted by Gasteiger charge is 2.35. The Morgan fingerprint density at radius 3 is 2.71 bits per heavy atom. The summed E-state index contributed by atoms with van der Waals surface area (Å²) in [6.07, 6.45) is 0. The molecule has 90 valence electrons. The average molecular weight is 235 g/mol. The van der Waals surface area contributed by atoms with E-state index in [1.54, 1.807) is 6.92 Å². The Hall–Kier alpha value is -1.84. The van der Waals surface area contributed by atoms with Crippen LogP contribution in [0.25, 0.3) is 0 Å². The fraction of sp³-hybridized carbons (Fsp3) is 0.385. The lowest BCUT2D eigenvalue weighted by Crippen LogP contribution is -2.60. The first kappa shape index (κ1) is 8.28. The van der Waals surface area contributed by atoms with E-state index in [2.05, 4.69) is 5.32 Å². The molecule has 1 aliphatic rings. The summed E-state index contributed by atoms with van der Waals surface area (Å²) in [6, 6.07) is 7.03. The van der Waals surface area contributed by atoms with E-state index in [-0.39, 0.29) is 6.54 Å². The molecule has 0 bridgehead atoms. The Labute approximate surface area is 105 Å². The maximum absolute atomic E-state index is 12.3. The van der Waals surface area contributed by atoms with Crippen LogP contribution in [0.5, 0.6) is 0 Å². The predicted molar refractivity (Wildman–Crippen MR) is 64.1 cm³/mol. The molecule has 4 heteroatoms. The molecule has 1 fully saturated rings. The second-order valence-corrected chi connectivity index (χ2v) is 4.07. The van der Waals surface area contributed by atoms with Crippen LogP contribution in [0.4, 0.5) is 0 Å². The number of nitrogens with zero attached hydrogens (tertiary/aromatic N) is 1. The molecular formula is C13H16N2O2. The van der Waals surface area contributed by atoms with Gasteiger partial charge in [-0.2, -0.15) is 0 Å². The highest BCUT2D eigenvalue weighted by molar-refractivity contribution is 5.96. The minimum atomic E-state index is -2.54. The SMILES string of the molecule is [2H]C([2H])([2H])[C@H]1NC(=O)[C@H](C)N(Cc2ccccc2)C1=O. The molecule has 1 saturated heterocycles. The van der Waals surface area contributed by atoms with Crippen molar-refractivity contribution in [3.05, 3.63) is 35.9 Å². The summed E-state index contributed by atoms with van der Waals surface area (Å²) in [7, 11) is 0. The Bertz CT molecular complexity index is 516. The van der Waals surface area contributed by atoms with Gasteiger partial charge in [-0.15, -0.1) is 0 Å². The summed E-state index contributed by atoms with van der Waals surface area (Å²) in [4.78, 5) is 25.4. The first-order chi connectivity index (χ1) is 9.30. The van der Waals surface area contributed by atoms with Crippen LogP contribution in [0.1, 0.15) is 23.5 Å². The van der Waals surface area contributed by atoms with Crippen molar-refractivity contribution in [1.82, 2.24) is 10.2 Å². The van der Waals surface area contributed by atoms with Crippen LogP contribution in [-0.4, -0.2) is 28.8 Å². The number of nitrogens with one attached hydrogen (secondary N) is 1. The Morgan fingerprint density at radius 2 is 2.06 bits per heavy atom. The third-order valence-corrected chi connectivity index (χ3v) is 2.86. The lowest BCUT2D eigenvalue weighted by Gasteiger charge is -2.36. The summed E-state index contributed by atoms with van der Waals surface area (Å²) in [5.74, 6) is -1.01. The third-order valence-electron chi connectivity index (χ3n) is 2.86. The number of benzene rings is 1. The predicted octanol–water partition coefficient (Wildman–Crippen LogP) is 0.922. The topological polar surface area (TPSA) is 49.4 Å². The molecule has 0 aliphatic carbocycles. The zero-order valence-electron chi connectivity index (χ0n) is 12.5. The van der Waals surface area contributed by atoms with Crippen molar-refractivity contribution in [2.45, 2.75) is 32.4 Å². The van der Waals surface area contributed by atoms with E-state index < -0.39 is 30.7 Å². The van der Waals surface area contributed by atoms with E-state index in [0.717, 1.165) is 5.56 Å². The van der Waals surface area contributed by atoms with E-state index >= 15 is 0 Å².